The van der Waals surface area contributed by atoms with Crippen LogP contribution in [0.25, 0.3) is 10.9 Å². The molecule has 36 heavy (non-hydrogen) atoms. The molecule has 0 spiro atoms. The van der Waals surface area contributed by atoms with Crippen LogP contribution in [0.2, 0.25) is 0 Å². The van der Waals surface area contributed by atoms with Crippen LogP contribution in [0, 0.1) is 19.8 Å². The van der Waals surface area contributed by atoms with E-state index in [1.807, 2.05) is 44.2 Å². The lowest BCUT2D eigenvalue weighted by Gasteiger charge is -2.33. The van der Waals surface area contributed by atoms with Crippen LogP contribution < -0.4 is 10.2 Å². The van der Waals surface area contributed by atoms with Gasteiger partial charge in [0.2, 0.25) is 15.9 Å². The molecule has 0 radical (unpaired) electrons. The van der Waals surface area contributed by atoms with E-state index in [4.69, 9.17) is 9.72 Å². The van der Waals surface area contributed by atoms with Gasteiger partial charge in [0.05, 0.1) is 29.5 Å². The Morgan fingerprint density at radius 2 is 1.83 bits per heavy atom. The third-order valence-electron chi connectivity index (χ3n) is 7.02. The second kappa shape index (κ2) is 10.2. The number of morpholine rings is 1. The Labute approximate surface area is 212 Å². The number of carbonyl (C=O) groups is 1. The van der Waals surface area contributed by atoms with Gasteiger partial charge in [-0.05, 0) is 74.2 Å². The first-order chi connectivity index (χ1) is 17.3. The van der Waals surface area contributed by atoms with Crippen molar-refractivity contribution in [2.24, 2.45) is 5.92 Å². The molecule has 9 heteroatoms. The summed E-state index contributed by atoms with van der Waals surface area (Å²) >= 11 is 0. The molecule has 0 bridgehead atoms. The Morgan fingerprint density at radius 1 is 1.03 bits per heavy atom. The molecule has 1 amide bonds. The first-order valence-electron chi connectivity index (χ1n) is 12.4. The Balaban J connectivity index is 1.31. The lowest BCUT2D eigenvalue weighted by atomic mass is 9.96. The predicted octanol–water partition coefficient (Wildman–Crippen LogP) is 3.73. The van der Waals surface area contributed by atoms with Gasteiger partial charge >= 0.3 is 0 Å². The van der Waals surface area contributed by atoms with Gasteiger partial charge in [0.25, 0.3) is 0 Å². The van der Waals surface area contributed by atoms with Gasteiger partial charge in [0.15, 0.2) is 0 Å². The second-order valence-electron chi connectivity index (χ2n) is 9.63. The molecule has 8 nitrogen and oxygen atoms in total. The largest absolute Gasteiger partial charge is 0.379 e. The first-order valence-corrected chi connectivity index (χ1v) is 13.9. The summed E-state index contributed by atoms with van der Waals surface area (Å²) in [5.41, 5.74) is 3.76. The molecule has 3 aromatic rings. The molecule has 2 aliphatic heterocycles. The van der Waals surface area contributed by atoms with Crippen LogP contribution in [0.3, 0.4) is 0 Å². The van der Waals surface area contributed by atoms with Crippen LogP contribution in [0.5, 0.6) is 0 Å². The van der Waals surface area contributed by atoms with Gasteiger partial charge in [0.1, 0.15) is 5.82 Å². The summed E-state index contributed by atoms with van der Waals surface area (Å²) in [5, 5.41) is 3.89. The average Bonchev–Trinajstić information content (AvgIpc) is 2.90. The zero-order valence-corrected chi connectivity index (χ0v) is 21.6. The third-order valence-corrected chi connectivity index (χ3v) is 8.92. The van der Waals surface area contributed by atoms with Crippen LogP contribution in [0.15, 0.2) is 53.4 Å². The number of piperidine rings is 1. The van der Waals surface area contributed by atoms with Crippen molar-refractivity contribution < 1.29 is 17.9 Å². The van der Waals surface area contributed by atoms with Gasteiger partial charge in [-0.15, -0.1) is 0 Å². The van der Waals surface area contributed by atoms with Crippen molar-refractivity contribution in [2.75, 3.05) is 49.6 Å². The highest BCUT2D eigenvalue weighted by atomic mass is 32.2. The summed E-state index contributed by atoms with van der Waals surface area (Å²) in [7, 11) is -3.56. The fourth-order valence-electron chi connectivity index (χ4n) is 4.87. The number of carbonyl (C=O) groups excluding carboxylic acids is 1. The maximum atomic E-state index is 13.1. The molecule has 190 valence electrons. The highest BCUT2D eigenvalue weighted by Crippen LogP contribution is 2.27. The standard InChI is InChI=1S/C27H32N4O4S/c1-19-5-6-20(2)25(16-19)29-27(32)22-4-3-11-30(18-22)26-10-7-21-17-23(8-9-24(21)28-26)36(33,34)31-12-14-35-15-13-31/h5-10,16-17,22H,3-4,11-15,18H2,1-2H3,(H,29,32). The zero-order valence-electron chi connectivity index (χ0n) is 20.7. The minimum Gasteiger partial charge on any atom is -0.379 e. The van der Waals surface area contributed by atoms with Crippen molar-refractivity contribution in [3.8, 4) is 0 Å². The van der Waals surface area contributed by atoms with Gasteiger partial charge < -0.3 is 15.0 Å². The fraction of sp³-hybridized carbons (Fsp3) is 0.407. The molecule has 2 fully saturated rings. The lowest BCUT2D eigenvalue weighted by Crippen LogP contribution is -2.41. The molecule has 5 rings (SSSR count). The molecular weight excluding hydrogens is 476 g/mol. The number of nitrogens with one attached hydrogen (secondary N) is 1. The molecule has 1 aromatic heterocycles. The van der Waals surface area contributed by atoms with E-state index < -0.39 is 10.0 Å². The molecule has 1 unspecified atom stereocenters. The third kappa shape index (κ3) is 5.09. The summed E-state index contributed by atoms with van der Waals surface area (Å²) < 4.78 is 32.8. The number of hydrogen-bond acceptors (Lipinski definition) is 6. The topological polar surface area (TPSA) is 91.8 Å². The number of ether oxygens (including phenoxy) is 1. The first kappa shape index (κ1) is 24.7. The average molecular weight is 509 g/mol. The fourth-order valence-corrected chi connectivity index (χ4v) is 6.31. The van der Waals surface area contributed by atoms with Crippen molar-refractivity contribution in [1.29, 1.82) is 0 Å². The molecule has 3 heterocycles. The van der Waals surface area contributed by atoms with Gasteiger partial charge in [0, 0.05) is 37.3 Å². The number of amides is 1. The molecule has 0 aliphatic carbocycles. The number of nitrogens with zero attached hydrogens (tertiary/aromatic N) is 3. The predicted molar refractivity (Wildman–Crippen MR) is 141 cm³/mol. The van der Waals surface area contributed by atoms with Gasteiger partial charge in [-0.2, -0.15) is 4.31 Å². The quantitative estimate of drug-likeness (QED) is 0.565. The minimum atomic E-state index is -3.56. The van der Waals surface area contributed by atoms with E-state index in [1.54, 1.807) is 18.2 Å². The summed E-state index contributed by atoms with van der Waals surface area (Å²) in [5.74, 6) is 0.708. The van der Waals surface area contributed by atoms with Crippen LogP contribution in [0.1, 0.15) is 24.0 Å². The van der Waals surface area contributed by atoms with E-state index in [9.17, 15) is 13.2 Å². The Hall–Kier alpha value is -3.01. The lowest BCUT2D eigenvalue weighted by molar-refractivity contribution is -0.120. The monoisotopic (exact) mass is 508 g/mol. The van der Waals surface area contributed by atoms with E-state index in [0.29, 0.717) is 32.8 Å². The van der Waals surface area contributed by atoms with Gasteiger partial charge in [-0.1, -0.05) is 12.1 Å². The molecule has 2 aliphatic rings. The van der Waals surface area contributed by atoms with Crippen molar-refractivity contribution in [3.63, 3.8) is 0 Å². The smallest absolute Gasteiger partial charge is 0.243 e. The van der Waals surface area contributed by atoms with E-state index in [2.05, 4.69) is 10.2 Å². The summed E-state index contributed by atoms with van der Waals surface area (Å²) in [4.78, 5) is 20.3. The number of rotatable bonds is 5. The second-order valence-corrected chi connectivity index (χ2v) is 11.6. The maximum absolute atomic E-state index is 13.1. The molecular formula is C27H32N4O4S. The number of aromatic nitrogens is 1. The molecule has 1 atom stereocenters. The number of hydrogen-bond donors (Lipinski definition) is 1. The molecule has 1 N–H and O–H groups in total. The van der Waals surface area contributed by atoms with E-state index in [1.165, 1.54) is 4.31 Å². The van der Waals surface area contributed by atoms with Crippen LogP contribution in [-0.2, 0) is 19.6 Å². The molecule has 2 saturated heterocycles. The number of benzene rings is 2. The number of anilines is 2. The van der Waals surface area contributed by atoms with Crippen molar-refractivity contribution in [2.45, 2.75) is 31.6 Å². The molecule has 2 aromatic carbocycles. The number of fused-ring (bicyclic) bond motifs is 1. The Morgan fingerprint density at radius 3 is 2.64 bits per heavy atom. The van der Waals surface area contributed by atoms with Gasteiger partial charge in [-0.3, -0.25) is 4.79 Å². The van der Waals surface area contributed by atoms with E-state index in [-0.39, 0.29) is 16.7 Å². The number of sulfonamides is 1. The van der Waals surface area contributed by atoms with Crippen LogP contribution in [-0.4, -0.2) is 63.0 Å². The maximum Gasteiger partial charge on any atom is 0.243 e. The highest BCUT2D eigenvalue weighted by molar-refractivity contribution is 7.89. The normalized spacial score (nSPS) is 19.4. The van der Waals surface area contributed by atoms with Crippen molar-refractivity contribution >= 4 is 38.3 Å². The summed E-state index contributed by atoms with van der Waals surface area (Å²) in [6, 6.07) is 15.0. The minimum absolute atomic E-state index is 0.0344. The molecule has 0 saturated carbocycles. The zero-order chi connectivity index (χ0) is 25.3. The van der Waals surface area contributed by atoms with Crippen molar-refractivity contribution in [1.82, 2.24) is 9.29 Å². The van der Waals surface area contributed by atoms with E-state index in [0.717, 1.165) is 52.9 Å². The Bertz CT molecular complexity index is 1390. The van der Waals surface area contributed by atoms with Crippen LogP contribution in [0.4, 0.5) is 11.5 Å². The Kier molecular flexibility index (Phi) is 6.96. The summed E-state index contributed by atoms with van der Waals surface area (Å²) in [6.07, 6.45) is 1.74. The number of aryl methyl sites for hydroxylation is 2. The SMILES string of the molecule is Cc1ccc(C)c(NC(=O)C2CCCN(c3ccc4cc(S(=O)(=O)N5CCOCC5)ccc4n3)C2)c1. The van der Waals surface area contributed by atoms with E-state index >= 15 is 0 Å². The highest BCUT2D eigenvalue weighted by Gasteiger charge is 2.28. The van der Waals surface area contributed by atoms with Crippen molar-refractivity contribution in [3.05, 3.63) is 59.7 Å². The van der Waals surface area contributed by atoms with Gasteiger partial charge in [-0.25, -0.2) is 13.4 Å². The summed E-state index contributed by atoms with van der Waals surface area (Å²) in [6.45, 7) is 7.00. The van der Waals surface area contributed by atoms with Crippen LogP contribution >= 0.6 is 0 Å². The number of pyridine rings is 1.